The molecule has 1 heterocycles. The molecule has 0 amide bonds. The van der Waals surface area contributed by atoms with E-state index in [0.29, 0.717) is 0 Å². The molecular formula is C9H16N2OS. The normalized spacial score (nSPS) is 14.5. The van der Waals surface area contributed by atoms with Crippen LogP contribution in [0, 0.1) is 0 Å². The van der Waals surface area contributed by atoms with Crippen molar-refractivity contribution in [2.45, 2.75) is 39.0 Å². The second-order valence-electron chi connectivity index (χ2n) is 3.68. The lowest BCUT2D eigenvalue weighted by atomic mass is 9.99. The van der Waals surface area contributed by atoms with Crippen LogP contribution < -0.4 is 5.32 Å². The van der Waals surface area contributed by atoms with Crippen LogP contribution in [0.4, 0.5) is 0 Å². The molecule has 0 aromatic carbocycles. The van der Waals surface area contributed by atoms with Crippen molar-refractivity contribution in [2.24, 2.45) is 0 Å². The number of thiazole rings is 1. The average Bonchev–Trinajstić information content (AvgIpc) is 2.52. The summed E-state index contributed by atoms with van der Waals surface area (Å²) in [5, 5.41) is 15.7. The molecule has 0 fully saturated rings. The number of nitrogens with zero attached hydrogens (tertiary/aromatic N) is 1. The molecule has 0 aliphatic rings. The summed E-state index contributed by atoms with van der Waals surface area (Å²) in [7, 11) is 0. The van der Waals surface area contributed by atoms with Gasteiger partial charge >= 0.3 is 0 Å². The third-order valence-electron chi connectivity index (χ3n) is 2.22. The molecule has 1 atom stereocenters. The molecule has 0 bridgehead atoms. The van der Waals surface area contributed by atoms with Gasteiger partial charge in [0.1, 0.15) is 5.01 Å². The van der Waals surface area contributed by atoms with E-state index in [9.17, 15) is 5.11 Å². The van der Waals surface area contributed by atoms with E-state index in [1.54, 1.807) is 24.5 Å². The lowest BCUT2D eigenvalue weighted by Crippen LogP contribution is -2.47. The van der Waals surface area contributed by atoms with E-state index in [0.717, 1.165) is 11.6 Å². The van der Waals surface area contributed by atoms with Gasteiger partial charge in [0.15, 0.2) is 0 Å². The molecule has 0 aliphatic heterocycles. The Labute approximate surface area is 82.8 Å². The van der Waals surface area contributed by atoms with Gasteiger partial charge in [0.2, 0.25) is 0 Å². The number of rotatable bonds is 4. The molecule has 13 heavy (non-hydrogen) atoms. The Balaban J connectivity index is 2.42. The lowest BCUT2D eigenvalue weighted by Gasteiger charge is -2.29. The van der Waals surface area contributed by atoms with Crippen molar-refractivity contribution in [1.29, 1.82) is 0 Å². The van der Waals surface area contributed by atoms with Crippen LogP contribution in [0.5, 0.6) is 0 Å². The molecule has 4 heteroatoms. The monoisotopic (exact) mass is 200 g/mol. The zero-order valence-corrected chi connectivity index (χ0v) is 9.06. The van der Waals surface area contributed by atoms with Crippen molar-refractivity contribution < 1.29 is 5.11 Å². The van der Waals surface area contributed by atoms with E-state index in [2.05, 4.69) is 10.3 Å². The molecule has 0 saturated carbocycles. The maximum atomic E-state index is 9.43. The zero-order chi connectivity index (χ0) is 9.90. The van der Waals surface area contributed by atoms with Crippen LogP contribution in [0.2, 0.25) is 0 Å². The number of nitrogens with one attached hydrogen (secondary N) is 1. The molecule has 74 valence electrons. The zero-order valence-electron chi connectivity index (χ0n) is 8.24. The Morgan fingerprint density at radius 3 is 2.85 bits per heavy atom. The Hall–Kier alpha value is -0.450. The fraction of sp³-hybridized carbons (Fsp3) is 0.667. The first-order chi connectivity index (χ1) is 6.02. The second kappa shape index (κ2) is 4.17. The number of hydrogen-bond acceptors (Lipinski definition) is 4. The van der Waals surface area contributed by atoms with Crippen molar-refractivity contribution in [2.75, 3.05) is 0 Å². The SMILES string of the molecule is CC(O)C(C)(C)NCc1nccs1. The van der Waals surface area contributed by atoms with Crippen LogP contribution in [0.1, 0.15) is 25.8 Å². The standard InChI is InChI=1S/C9H16N2OS/c1-7(12)9(2,3)11-6-8-10-4-5-13-8/h4-5,7,11-12H,6H2,1-3H3. The van der Waals surface area contributed by atoms with Crippen molar-refractivity contribution in [3.05, 3.63) is 16.6 Å². The van der Waals surface area contributed by atoms with Crippen LogP contribution in [0.15, 0.2) is 11.6 Å². The van der Waals surface area contributed by atoms with Gasteiger partial charge in [0, 0.05) is 23.7 Å². The summed E-state index contributed by atoms with van der Waals surface area (Å²) in [6.45, 7) is 6.46. The molecule has 0 aliphatic carbocycles. The Bertz CT molecular complexity index is 244. The van der Waals surface area contributed by atoms with Crippen LogP contribution >= 0.6 is 11.3 Å². The summed E-state index contributed by atoms with van der Waals surface area (Å²) >= 11 is 1.62. The lowest BCUT2D eigenvalue weighted by molar-refractivity contribution is 0.0956. The first-order valence-electron chi connectivity index (χ1n) is 4.34. The first kappa shape index (κ1) is 10.6. The molecule has 1 rings (SSSR count). The summed E-state index contributed by atoms with van der Waals surface area (Å²) in [5.74, 6) is 0. The molecule has 0 spiro atoms. The van der Waals surface area contributed by atoms with E-state index in [1.165, 1.54) is 0 Å². The van der Waals surface area contributed by atoms with E-state index >= 15 is 0 Å². The minimum absolute atomic E-state index is 0.258. The summed E-state index contributed by atoms with van der Waals surface area (Å²) in [5.41, 5.74) is -0.258. The van der Waals surface area contributed by atoms with E-state index in [1.807, 2.05) is 19.2 Å². The maximum absolute atomic E-state index is 9.43. The summed E-state index contributed by atoms with van der Waals surface area (Å²) in [6.07, 6.45) is 1.42. The fourth-order valence-electron chi connectivity index (χ4n) is 0.791. The molecule has 3 nitrogen and oxygen atoms in total. The van der Waals surface area contributed by atoms with Crippen LogP contribution in [0.3, 0.4) is 0 Å². The Kier molecular flexibility index (Phi) is 3.41. The second-order valence-corrected chi connectivity index (χ2v) is 4.66. The highest BCUT2D eigenvalue weighted by atomic mass is 32.1. The third-order valence-corrected chi connectivity index (χ3v) is 3.00. The van der Waals surface area contributed by atoms with E-state index in [4.69, 9.17) is 0 Å². The quantitative estimate of drug-likeness (QED) is 0.772. The van der Waals surface area contributed by atoms with Gasteiger partial charge in [-0.2, -0.15) is 0 Å². The van der Waals surface area contributed by atoms with E-state index < -0.39 is 0 Å². The van der Waals surface area contributed by atoms with Gasteiger partial charge in [0.25, 0.3) is 0 Å². The predicted molar refractivity (Wildman–Crippen MR) is 54.7 cm³/mol. The highest BCUT2D eigenvalue weighted by Gasteiger charge is 2.23. The third kappa shape index (κ3) is 3.06. The molecule has 0 saturated heterocycles. The van der Waals surface area contributed by atoms with Crippen LogP contribution in [-0.4, -0.2) is 21.7 Å². The molecular weight excluding hydrogens is 184 g/mol. The van der Waals surface area contributed by atoms with Gasteiger partial charge in [0.05, 0.1) is 6.10 Å². The smallest absolute Gasteiger partial charge is 0.106 e. The number of hydrogen-bond donors (Lipinski definition) is 2. The van der Waals surface area contributed by atoms with Gasteiger partial charge in [-0.25, -0.2) is 4.98 Å². The van der Waals surface area contributed by atoms with Crippen LogP contribution in [-0.2, 0) is 6.54 Å². The molecule has 1 aromatic rings. The largest absolute Gasteiger partial charge is 0.392 e. The fourth-order valence-corrected chi connectivity index (χ4v) is 1.35. The average molecular weight is 200 g/mol. The molecule has 1 aromatic heterocycles. The molecule has 0 radical (unpaired) electrons. The summed E-state index contributed by atoms with van der Waals surface area (Å²) < 4.78 is 0. The topological polar surface area (TPSA) is 45.1 Å². The first-order valence-corrected chi connectivity index (χ1v) is 5.22. The molecule has 1 unspecified atom stereocenters. The van der Waals surface area contributed by atoms with Gasteiger partial charge in [-0.1, -0.05) is 0 Å². The number of aliphatic hydroxyl groups excluding tert-OH is 1. The van der Waals surface area contributed by atoms with E-state index in [-0.39, 0.29) is 11.6 Å². The summed E-state index contributed by atoms with van der Waals surface area (Å²) in [4.78, 5) is 4.15. The summed E-state index contributed by atoms with van der Waals surface area (Å²) in [6, 6.07) is 0. The Morgan fingerprint density at radius 2 is 2.38 bits per heavy atom. The maximum Gasteiger partial charge on any atom is 0.106 e. The number of aliphatic hydroxyl groups is 1. The molecule has 2 N–H and O–H groups in total. The van der Waals surface area contributed by atoms with Gasteiger partial charge in [-0.05, 0) is 20.8 Å². The highest BCUT2D eigenvalue weighted by molar-refractivity contribution is 7.09. The number of aromatic nitrogens is 1. The van der Waals surface area contributed by atoms with Crippen molar-refractivity contribution >= 4 is 11.3 Å². The van der Waals surface area contributed by atoms with Gasteiger partial charge < -0.3 is 10.4 Å². The minimum atomic E-state index is -0.368. The van der Waals surface area contributed by atoms with Crippen molar-refractivity contribution in [3.8, 4) is 0 Å². The van der Waals surface area contributed by atoms with Gasteiger partial charge in [-0.15, -0.1) is 11.3 Å². The highest BCUT2D eigenvalue weighted by Crippen LogP contribution is 2.11. The van der Waals surface area contributed by atoms with Gasteiger partial charge in [-0.3, -0.25) is 0 Å². The minimum Gasteiger partial charge on any atom is -0.392 e. The van der Waals surface area contributed by atoms with Crippen molar-refractivity contribution in [1.82, 2.24) is 10.3 Å². The van der Waals surface area contributed by atoms with Crippen LogP contribution in [0.25, 0.3) is 0 Å². The predicted octanol–water partition coefficient (Wildman–Crippen LogP) is 1.39. The Morgan fingerprint density at radius 1 is 1.69 bits per heavy atom. The van der Waals surface area contributed by atoms with Crippen molar-refractivity contribution in [3.63, 3.8) is 0 Å².